The average molecular weight is 467 g/mol. The number of sulfonamides is 1. The van der Waals surface area contributed by atoms with Gasteiger partial charge in [-0.1, -0.05) is 30.7 Å². The second kappa shape index (κ2) is 10.3. The van der Waals surface area contributed by atoms with Gasteiger partial charge in [0.2, 0.25) is 10.0 Å². The van der Waals surface area contributed by atoms with Gasteiger partial charge in [-0.15, -0.1) is 0 Å². The van der Waals surface area contributed by atoms with Gasteiger partial charge in [0.05, 0.1) is 22.6 Å². The number of carbonyl (C=O) groups is 1. The summed E-state index contributed by atoms with van der Waals surface area (Å²) in [6, 6.07) is 11.3. The number of benzene rings is 2. The molecule has 1 aliphatic rings. The first-order chi connectivity index (χ1) is 14.8. The zero-order valence-corrected chi connectivity index (χ0v) is 19.2. The SMILES string of the molecule is COc1ccc(S(=O)(=O)NCCOc2ccccc2Cl)cc1C(=O)N1CCC(C)CC1. The van der Waals surface area contributed by atoms with Crippen LogP contribution in [0.15, 0.2) is 47.4 Å². The third-order valence-electron chi connectivity index (χ3n) is 5.27. The van der Waals surface area contributed by atoms with Gasteiger partial charge in [-0.05, 0) is 49.1 Å². The molecule has 1 aliphatic heterocycles. The van der Waals surface area contributed by atoms with Crippen LogP contribution in [0.3, 0.4) is 0 Å². The Labute approximate surface area is 188 Å². The van der Waals surface area contributed by atoms with Crippen LogP contribution in [0.2, 0.25) is 5.02 Å². The number of likely N-dealkylation sites (tertiary alicyclic amines) is 1. The van der Waals surface area contributed by atoms with Gasteiger partial charge in [0.25, 0.3) is 5.91 Å². The van der Waals surface area contributed by atoms with Gasteiger partial charge < -0.3 is 14.4 Å². The molecule has 7 nitrogen and oxygen atoms in total. The molecule has 0 spiro atoms. The summed E-state index contributed by atoms with van der Waals surface area (Å²) in [6.07, 6.45) is 1.86. The molecule has 0 saturated carbocycles. The summed E-state index contributed by atoms with van der Waals surface area (Å²) in [5, 5.41) is 0.454. The fourth-order valence-corrected chi connectivity index (χ4v) is 4.61. The van der Waals surface area contributed by atoms with E-state index in [1.807, 2.05) is 0 Å². The monoisotopic (exact) mass is 466 g/mol. The number of piperidine rings is 1. The van der Waals surface area contributed by atoms with Crippen molar-refractivity contribution in [3.05, 3.63) is 53.1 Å². The Balaban J connectivity index is 1.68. The lowest BCUT2D eigenvalue weighted by Gasteiger charge is -2.30. The van der Waals surface area contributed by atoms with Crippen molar-refractivity contribution in [2.75, 3.05) is 33.4 Å². The Morgan fingerprint density at radius 1 is 1.16 bits per heavy atom. The zero-order valence-electron chi connectivity index (χ0n) is 17.6. The Morgan fingerprint density at radius 3 is 2.55 bits per heavy atom. The molecular formula is C22H27ClN2O5S. The van der Waals surface area contributed by atoms with Crippen molar-refractivity contribution in [3.63, 3.8) is 0 Å². The molecule has 1 amide bonds. The third kappa shape index (κ3) is 5.90. The van der Waals surface area contributed by atoms with Gasteiger partial charge >= 0.3 is 0 Å². The molecule has 0 aromatic heterocycles. The van der Waals surface area contributed by atoms with E-state index in [1.165, 1.54) is 25.3 Å². The summed E-state index contributed by atoms with van der Waals surface area (Å²) < 4.78 is 38.8. The highest BCUT2D eigenvalue weighted by atomic mass is 35.5. The van der Waals surface area contributed by atoms with Gasteiger partial charge in [-0.2, -0.15) is 0 Å². The number of para-hydroxylation sites is 1. The van der Waals surface area contributed by atoms with E-state index in [9.17, 15) is 13.2 Å². The van der Waals surface area contributed by atoms with Crippen LogP contribution in [0.25, 0.3) is 0 Å². The predicted molar refractivity (Wildman–Crippen MR) is 119 cm³/mol. The van der Waals surface area contributed by atoms with Crippen LogP contribution < -0.4 is 14.2 Å². The second-order valence-electron chi connectivity index (χ2n) is 7.51. The Bertz CT molecular complexity index is 1020. The molecule has 1 N–H and O–H groups in total. The molecule has 0 atom stereocenters. The number of ether oxygens (including phenoxy) is 2. The van der Waals surface area contributed by atoms with Crippen molar-refractivity contribution in [1.82, 2.24) is 9.62 Å². The largest absolute Gasteiger partial charge is 0.496 e. The van der Waals surface area contributed by atoms with Crippen molar-refractivity contribution >= 4 is 27.5 Å². The lowest BCUT2D eigenvalue weighted by molar-refractivity contribution is 0.0693. The quantitative estimate of drug-likeness (QED) is 0.601. The number of carbonyl (C=O) groups excluding carboxylic acids is 1. The van der Waals surface area contributed by atoms with E-state index >= 15 is 0 Å². The Kier molecular flexibility index (Phi) is 7.80. The summed E-state index contributed by atoms with van der Waals surface area (Å²) in [4.78, 5) is 14.8. The van der Waals surface area contributed by atoms with Crippen LogP contribution in [-0.4, -0.2) is 52.6 Å². The summed E-state index contributed by atoms with van der Waals surface area (Å²) >= 11 is 6.03. The molecule has 168 valence electrons. The number of hydrogen-bond acceptors (Lipinski definition) is 5. The average Bonchev–Trinajstić information content (AvgIpc) is 2.77. The highest BCUT2D eigenvalue weighted by Gasteiger charge is 2.26. The number of hydrogen-bond donors (Lipinski definition) is 1. The zero-order chi connectivity index (χ0) is 22.4. The molecule has 0 aliphatic carbocycles. The smallest absolute Gasteiger partial charge is 0.257 e. The van der Waals surface area contributed by atoms with Gasteiger partial charge in [0.1, 0.15) is 18.1 Å². The van der Waals surface area contributed by atoms with Gasteiger partial charge in [0, 0.05) is 19.6 Å². The molecule has 0 unspecified atom stereocenters. The number of rotatable bonds is 8. The number of nitrogens with zero attached hydrogens (tertiary/aromatic N) is 1. The lowest BCUT2D eigenvalue weighted by atomic mass is 9.98. The second-order valence-corrected chi connectivity index (χ2v) is 9.69. The topological polar surface area (TPSA) is 84.9 Å². The van der Waals surface area contributed by atoms with E-state index in [1.54, 1.807) is 29.2 Å². The highest BCUT2D eigenvalue weighted by molar-refractivity contribution is 7.89. The number of methoxy groups -OCH3 is 1. The summed E-state index contributed by atoms with van der Waals surface area (Å²) in [5.74, 6) is 1.19. The van der Waals surface area contributed by atoms with E-state index in [0.717, 1.165) is 12.8 Å². The molecule has 2 aromatic carbocycles. The van der Waals surface area contributed by atoms with Crippen LogP contribution in [0.4, 0.5) is 0 Å². The molecule has 1 saturated heterocycles. The highest BCUT2D eigenvalue weighted by Crippen LogP contribution is 2.26. The number of nitrogens with one attached hydrogen (secondary N) is 1. The molecule has 9 heteroatoms. The maximum absolute atomic E-state index is 13.0. The van der Waals surface area contributed by atoms with Crippen LogP contribution in [0.1, 0.15) is 30.1 Å². The fourth-order valence-electron chi connectivity index (χ4n) is 3.39. The van der Waals surface area contributed by atoms with Gasteiger partial charge in [0.15, 0.2) is 0 Å². The van der Waals surface area contributed by atoms with Gasteiger partial charge in [-0.25, -0.2) is 13.1 Å². The Morgan fingerprint density at radius 2 is 1.87 bits per heavy atom. The minimum atomic E-state index is -3.83. The molecular weight excluding hydrogens is 440 g/mol. The fraction of sp³-hybridized carbons (Fsp3) is 0.409. The van der Waals surface area contributed by atoms with E-state index < -0.39 is 10.0 Å². The first-order valence-electron chi connectivity index (χ1n) is 10.2. The van der Waals surface area contributed by atoms with Crippen molar-refractivity contribution < 1.29 is 22.7 Å². The minimum absolute atomic E-state index is 0.000212. The first-order valence-corrected chi connectivity index (χ1v) is 12.0. The molecule has 1 heterocycles. The van der Waals surface area contributed by atoms with Gasteiger partial charge in [-0.3, -0.25) is 4.79 Å². The maximum Gasteiger partial charge on any atom is 0.257 e. The standard InChI is InChI=1S/C22H27ClN2O5S/c1-16-9-12-25(13-10-16)22(26)18-15-17(7-8-20(18)29-2)31(27,28)24-11-14-30-21-6-4-3-5-19(21)23/h3-8,15-16,24H,9-14H2,1-2H3. The molecule has 1 fully saturated rings. The van der Waals surface area contributed by atoms with E-state index in [4.69, 9.17) is 21.1 Å². The normalized spacial score (nSPS) is 15.0. The van der Waals surface area contributed by atoms with Crippen LogP contribution in [0, 0.1) is 5.92 Å². The predicted octanol–water partition coefficient (Wildman–Crippen LogP) is 3.58. The lowest BCUT2D eigenvalue weighted by Crippen LogP contribution is -2.38. The van der Waals surface area contributed by atoms with E-state index in [0.29, 0.717) is 35.5 Å². The maximum atomic E-state index is 13.0. The van der Waals surface area contributed by atoms with E-state index in [-0.39, 0.29) is 29.5 Å². The third-order valence-corrected chi connectivity index (χ3v) is 7.04. The van der Waals surface area contributed by atoms with Crippen molar-refractivity contribution in [2.45, 2.75) is 24.7 Å². The van der Waals surface area contributed by atoms with E-state index in [2.05, 4.69) is 11.6 Å². The summed E-state index contributed by atoms with van der Waals surface area (Å²) in [6.45, 7) is 3.62. The molecule has 0 radical (unpaired) electrons. The van der Waals surface area contributed by atoms with Crippen LogP contribution in [-0.2, 0) is 10.0 Å². The van der Waals surface area contributed by atoms with Crippen molar-refractivity contribution in [1.29, 1.82) is 0 Å². The van der Waals surface area contributed by atoms with Crippen molar-refractivity contribution in [2.24, 2.45) is 5.92 Å². The van der Waals surface area contributed by atoms with Crippen LogP contribution >= 0.6 is 11.6 Å². The first kappa shape index (κ1) is 23.4. The molecule has 0 bridgehead atoms. The molecule has 3 rings (SSSR count). The van der Waals surface area contributed by atoms with Crippen molar-refractivity contribution in [3.8, 4) is 11.5 Å². The number of halogens is 1. The number of amides is 1. The van der Waals surface area contributed by atoms with Crippen LogP contribution in [0.5, 0.6) is 11.5 Å². The molecule has 31 heavy (non-hydrogen) atoms. The minimum Gasteiger partial charge on any atom is -0.496 e. The summed E-state index contributed by atoms with van der Waals surface area (Å²) in [5.41, 5.74) is 0.243. The molecule has 2 aromatic rings. The summed E-state index contributed by atoms with van der Waals surface area (Å²) in [7, 11) is -2.37. The Hall–Kier alpha value is -2.29.